The number of hydrogen-bond donors (Lipinski definition) is 1. The van der Waals surface area contributed by atoms with E-state index in [4.69, 9.17) is 0 Å². The van der Waals surface area contributed by atoms with Crippen molar-refractivity contribution in [2.75, 3.05) is 18.0 Å². The third-order valence-electron chi connectivity index (χ3n) is 4.21. The van der Waals surface area contributed by atoms with Crippen molar-refractivity contribution in [2.24, 2.45) is 0 Å². The minimum absolute atomic E-state index is 0.167. The van der Waals surface area contributed by atoms with Gasteiger partial charge in [0.2, 0.25) is 0 Å². The zero-order chi connectivity index (χ0) is 13.9. The lowest BCUT2D eigenvalue weighted by molar-refractivity contribution is -0.384. The van der Waals surface area contributed by atoms with E-state index in [0.29, 0.717) is 12.1 Å². The second kappa shape index (κ2) is 5.79. The normalized spacial score (nSPS) is 22.5. The third kappa shape index (κ3) is 3.10. The van der Waals surface area contributed by atoms with Crippen LogP contribution >= 0.6 is 0 Å². The van der Waals surface area contributed by atoms with E-state index in [1.165, 1.54) is 32.1 Å². The molecule has 5 nitrogen and oxygen atoms in total. The predicted molar refractivity (Wildman–Crippen MR) is 79.1 cm³/mol. The number of anilines is 1. The van der Waals surface area contributed by atoms with Gasteiger partial charge >= 0.3 is 0 Å². The van der Waals surface area contributed by atoms with Crippen LogP contribution in [0.2, 0.25) is 0 Å². The van der Waals surface area contributed by atoms with Gasteiger partial charge in [-0.25, -0.2) is 0 Å². The molecule has 1 aliphatic carbocycles. The number of hydrogen-bond acceptors (Lipinski definition) is 4. The fourth-order valence-electron chi connectivity index (χ4n) is 2.93. The van der Waals surface area contributed by atoms with Crippen molar-refractivity contribution in [3.8, 4) is 0 Å². The van der Waals surface area contributed by atoms with E-state index in [1.807, 2.05) is 12.1 Å². The smallest absolute Gasteiger partial charge is 0.269 e. The van der Waals surface area contributed by atoms with E-state index < -0.39 is 0 Å². The van der Waals surface area contributed by atoms with Gasteiger partial charge < -0.3 is 10.2 Å². The molecule has 20 heavy (non-hydrogen) atoms. The number of piperidine rings is 1. The standard InChI is InChI=1S/C15H21N3O2/c19-18(20)15-8-6-14(7-9-15)17(13-4-5-13)11-12-3-1-2-10-16-12/h6-9,12-13,16H,1-5,10-11H2. The van der Waals surface area contributed by atoms with E-state index in [0.717, 1.165) is 18.8 Å². The Kier molecular flexibility index (Phi) is 3.87. The minimum Gasteiger partial charge on any atom is -0.367 e. The summed E-state index contributed by atoms with van der Waals surface area (Å²) in [5, 5.41) is 14.3. The van der Waals surface area contributed by atoms with Crippen LogP contribution in [-0.4, -0.2) is 30.1 Å². The van der Waals surface area contributed by atoms with E-state index in [9.17, 15) is 10.1 Å². The number of nitro benzene ring substituents is 1. The van der Waals surface area contributed by atoms with Crippen molar-refractivity contribution >= 4 is 11.4 Å². The molecular weight excluding hydrogens is 254 g/mol. The number of benzene rings is 1. The molecule has 1 saturated carbocycles. The van der Waals surface area contributed by atoms with Gasteiger partial charge in [0.1, 0.15) is 0 Å². The lowest BCUT2D eigenvalue weighted by Gasteiger charge is -2.32. The van der Waals surface area contributed by atoms with Crippen molar-refractivity contribution in [1.82, 2.24) is 5.32 Å². The highest BCUT2D eigenvalue weighted by atomic mass is 16.6. The maximum Gasteiger partial charge on any atom is 0.269 e. The molecule has 0 amide bonds. The summed E-state index contributed by atoms with van der Waals surface area (Å²) in [6, 6.07) is 8.18. The van der Waals surface area contributed by atoms with Crippen molar-refractivity contribution in [2.45, 2.75) is 44.2 Å². The van der Waals surface area contributed by atoms with Crippen LogP contribution in [0.1, 0.15) is 32.1 Å². The molecule has 2 aliphatic rings. The summed E-state index contributed by atoms with van der Waals surface area (Å²) >= 11 is 0. The monoisotopic (exact) mass is 275 g/mol. The maximum absolute atomic E-state index is 10.7. The lowest BCUT2D eigenvalue weighted by atomic mass is 10.0. The summed E-state index contributed by atoms with van der Waals surface area (Å²) in [6.07, 6.45) is 6.29. The summed E-state index contributed by atoms with van der Waals surface area (Å²) in [6.45, 7) is 2.13. The highest BCUT2D eigenvalue weighted by molar-refractivity contribution is 5.52. The summed E-state index contributed by atoms with van der Waals surface area (Å²) in [4.78, 5) is 12.8. The van der Waals surface area contributed by atoms with Gasteiger partial charge in [-0.2, -0.15) is 0 Å². The van der Waals surface area contributed by atoms with Crippen LogP contribution in [0, 0.1) is 10.1 Å². The number of nitrogens with zero attached hydrogens (tertiary/aromatic N) is 2. The Morgan fingerprint density at radius 1 is 1.20 bits per heavy atom. The molecule has 1 aliphatic heterocycles. The van der Waals surface area contributed by atoms with Crippen LogP contribution in [0.4, 0.5) is 11.4 Å². The summed E-state index contributed by atoms with van der Waals surface area (Å²) in [5.74, 6) is 0. The third-order valence-corrected chi connectivity index (χ3v) is 4.21. The zero-order valence-electron chi connectivity index (χ0n) is 11.6. The molecule has 0 bridgehead atoms. The van der Waals surface area contributed by atoms with Crippen molar-refractivity contribution < 1.29 is 4.92 Å². The molecule has 1 heterocycles. The van der Waals surface area contributed by atoms with Crippen molar-refractivity contribution in [3.05, 3.63) is 34.4 Å². The Morgan fingerprint density at radius 3 is 2.50 bits per heavy atom. The van der Waals surface area contributed by atoms with E-state index in [1.54, 1.807) is 12.1 Å². The molecule has 1 aromatic rings. The molecule has 0 aromatic heterocycles. The molecule has 1 unspecified atom stereocenters. The Balaban J connectivity index is 1.71. The molecule has 5 heteroatoms. The van der Waals surface area contributed by atoms with Gasteiger partial charge in [0.25, 0.3) is 5.69 Å². The van der Waals surface area contributed by atoms with Gasteiger partial charge in [-0.05, 0) is 44.4 Å². The summed E-state index contributed by atoms with van der Waals surface area (Å²) < 4.78 is 0. The van der Waals surface area contributed by atoms with Gasteiger partial charge in [0, 0.05) is 36.4 Å². The van der Waals surface area contributed by atoms with Crippen LogP contribution < -0.4 is 10.2 Å². The molecule has 108 valence electrons. The van der Waals surface area contributed by atoms with Crippen molar-refractivity contribution in [1.29, 1.82) is 0 Å². The Morgan fingerprint density at radius 2 is 1.95 bits per heavy atom. The first-order valence-corrected chi connectivity index (χ1v) is 7.48. The topological polar surface area (TPSA) is 58.4 Å². The SMILES string of the molecule is O=[N+]([O-])c1ccc(N(CC2CCCCN2)C2CC2)cc1. The largest absolute Gasteiger partial charge is 0.367 e. The first-order chi connectivity index (χ1) is 9.74. The van der Waals surface area contributed by atoms with Gasteiger partial charge in [-0.3, -0.25) is 10.1 Å². The molecule has 1 N–H and O–H groups in total. The maximum atomic E-state index is 10.7. The van der Waals surface area contributed by atoms with Crippen LogP contribution in [-0.2, 0) is 0 Å². The number of nitrogens with one attached hydrogen (secondary N) is 1. The van der Waals surface area contributed by atoms with E-state index in [2.05, 4.69) is 10.2 Å². The molecule has 1 saturated heterocycles. The second-order valence-corrected chi connectivity index (χ2v) is 5.80. The van der Waals surface area contributed by atoms with Crippen molar-refractivity contribution in [3.63, 3.8) is 0 Å². The van der Waals surface area contributed by atoms with Crippen LogP contribution in [0.15, 0.2) is 24.3 Å². The minimum atomic E-state index is -0.339. The average Bonchev–Trinajstić information content (AvgIpc) is 3.30. The molecule has 3 rings (SSSR count). The second-order valence-electron chi connectivity index (χ2n) is 5.80. The molecule has 1 atom stereocenters. The van der Waals surface area contributed by atoms with E-state index >= 15 is 0 Å². The highest BCUT2D eigenvalue weighted by Crippen LogP contribution is 2.33. The van der Waals surface area contributed by atoms with Crippen LogP contribution in [0.3, 0.4) is 0 Å². The lowest BCUT2D eigenvalue weighted by Crippen LogP contribution is -2.44. The zero-order valence-corrected chi connectivity index (χ0v) is 11.6. The van der Waals surface area contributed by atoms with Crippen LogP contribution in [0.25, 0.3) is 0 Å². The Hall–Kier alpha value is -1.62. The number of nitro groups is 1. The molecular formula is C15H21N3O2. The fraction of sp³-hybridized carbons (Fsp3) is 0.600. The number of non-ortho nitro benzene ring substituents is 1. The quantitative estimate of drug-likeness (QED) is 0.663. The molecule has 2 fully saturated rings. The average molecular weight is 275 g/mol. The Labute approximate surface area is 119 Å². The highest BCUT2D eigenvalue weighted by Gasteiger charge is 2.31. The van der Waals surface area contributed by atoms with Gasteiger partial charge in [-0.15, -0.1) is 0 Å². The molecule has 0 spiro atoms. The predicted octanol–water partition coefficient (Wildman–Crippen LogP) is 2.71. The van der Waals surface area contributed by atoms with Crippen LogP contribution in [0.5, 0.6) is 0 Å². The summed E-state index contributed by atoms with van der Waals surface area (Å²) in [5.41, 5.74) is 1.28. The number of rotatable bonds is 5. The van der Waals surface area contributed by atoms with Gasteiger partial charge in [0.15, 0.2) is 0 Å². The van der Waals surface area contributed by atoms with E-state index in [-0.39, 0.29) is 10.6 Å². The fourth-order valence-corrected chi connectivity index (χ4v) is 2.93. The summed E-state index contributed by atoms with van der Waals surface area (Å²) in [7, 11) is 0. The van der Waals surface area contributed by atoms with Gasteiger partial charge in [0.05, 0.1) is 4.92 Å². The molecule has 0 radical (unpaired) electrons. The van der Waals surface area contributed by atoms with Gasteiger partial charge in [-0.1, -0.05) is 6.42 Å². The first-order valence-electron chi connectivity index (χ1n) is 7.48. The first kappa shape index (κ1) is 13.4. The molecule has 1 aromatic carbocycles. The Bertz CT molecular complexity index is 465.